The number of aromatic nitrogens is 2. The molecule has 298 valence electrons. The first-order valence-electron chi connectivity index (χ1n) is 15.1. The Morgan fingerprint density at radius 2 is 1.55 bits per heavy atom. The first-order chi connectivity index (χ1) is 25.9. The van der Waals surface area contributed by atoms with Crippen LogP contribution in [0.15, 0.2) is 94.5 Å². The molecular weight excluding hydrogens is 833 g/mol. The van der Waals surface area contributed by atoms with E-state index >= 15 is 0 Å². The zero-order valence-corrected chi connectivity index (χ0v) is 31.2. The van der Waals surface area contributed by atoms with Crippen LogP contribution in [0.4, 0.5) is 17.1 Å². The summed E-state index contributed by atoms with van der Waals surface area (Å²) in [6.07, 6.45) is -0.959. The number of nitrogens with zero attached hydrogens (tertiary/aromatic N) is 5. The molecule has 0 radical (unpaired) electrons. The molecule has 2 atom stereocenters. The number of azo groups is 2. The zero-order chi connectivity index (χ0) is 41.5. The molecule has 5 rings (SSSR count). The molecule has 1 aliphatic rings. The van der Waals surface area contributed by atoms with Crippen LogP contribution in [0.25, 0.3) is 11.8 Å². The van der Waals surface area contributed by atoms with Gasteiger partial charge >= 0.3 is 16.4 Å². The van der Waals surface area contributed by atoms with Gasteiger partial charge in [-0.05, 0) is 72.2 Å². The molecule has 7 N–H and O–H groups in total. The molecule has 56 heavy (non-hydrogen) atoms. The second-order valence-electron chi connectivity index (χ2n) is 11.6. The normalized spacial score (nSPS) is 16.6. The van der Waals surface area contributed by atoms with Crippen LogP contribution in [0.2, 0.25) is 0 Å². The summed E-state index contributed by atoms with van der Waals surface area (Å²) in [5.74, 6) is -3.37. The van der Waals surface area contributed by atoms with Gasteiger partial charge in [0.1, 0.15) is 28.5 Å². The molecule has 0 amide bonds. The number of aliphatic hydroxyl groups excluding tert-OH is 1. The van der Waals surface area contributed by atoms with Crippen LogP contribution in [-0.4, -0.2) is 96.8 Å². The third kappa shape index (κ3) is 9.12. The molecule has 0 saturated heterocycles. The molecule has 0 fully saturated rings. The number of aromatic carboxylic acids is 1. The van der Waals surface area contributed by atoms with Crippen molar-refractivity contribution in [2.24, 2.45) is 20.5 Å². The van der Waals surface area contributed by atoms with Gasteiger partial charge in [0.25, 0.3) is 25.8 Å². The number of fused-ring (bicyclic) bond motifs is 1. The van der Waals surface area contributed by atoms with Gasteiger partial charge in [-0.1, -0.05) is 6.07 Å². The number of sulfone groups is 1. The topological polar surface area (TPSA) is 371 Å². The lowest BCUT2D eigenvalue weighted by molar-refractivity contribution is 0.0690. The lowest BCUT2D eigenvalue weighted by Crippen LogP contribution is -2.27. The first-order valence-corrected chi connectivity index (χ1v) is 21.0. The highest BCUT2D eigenvalue weighted by Crippen LogP contribution is 2.40. The first kappa shape index (κ1) is 41.6. The Balaban J connectivity index is 1.46. The fourth-order valence-corrected chi connectivity index (χ4v) is 8.21. The molecule has 4 aromatic rings. The number of benzene rings is 3. The maximum Gasteiger partial charge on any atom is 0.397 e. The summed E-state index contributed by atoms with van der Waals surface area (Å²) in [6.45, 7) is 0.318. The van der Waals surface area contributed by atoms with Gasteiger partial charge in [-0.25, -0.2) is 22.1 Å². The Bertz CT molecular complexity index is 2860. The van der Waals surface area contributed by atoms with Crippen molar-refractivity contribution in [3.63, 3.8) is 0 Å². The summed E-state index contributed by atoms with van der Waals surface area (Å²) in [4.78, 5) is 23.3. The van der Waals surface area contributed by atoms with Gasteiger partial charge in [-0.15, -0.1) is 5.11 Å². The van der Waals surface area contributed by atoms with Crippen molar-refractivity contribution in [3.05, 3.63) is 92.2 Å². The molecule has 1 heterocycles. The highest BCUT2D eigenvalue weighted by Gasteiger charge is 2.37. The number of nitrogens with one attached hydrogen (secondary N) is 1. The second-order valence-corrected chi connectivity index (χ2v) is 17.6. The fourth-order valence-electron chi connectivity index (χ4n) is 5.21. The minimum Gasteiger partial charge on any atom is -0.506 e. The Labute approximate surface area is 315 Å². The van der Waals surface area contributed by atoms with E-state index in [4.69, 9.17) is 4.55 Å². The summed E-state index contributed by atoms with van der Waals surface area (Å²) in [7, 11) is -18.9. The van der Waals surface area contributed by atoms with Crippen LogP contribution in [0.3, 0.4) is 0 Å². The Morgan fingerprint density at radius 3 is 2.14 bits per heavy atom. The van der Waals surface area contributed by atoms with E-state index in [1.807, 2.05) is 0 Å². The Hall–Kier alpha value is -5.52. The standard InChI is InChI=1S/C29H26N6O17S4/c1-14-10-20(21(36)13-22(14)53(41,42)9-8-52-56(49,50)51)31-32-24-23(55(46,47)48)11-15-2-3-16(12-19(15)27(24)37)30-33-25-26(29(39)40)34-35(28(25)38)17-4-6-18(7-5-17)54(43,44)45/h2-7,10-13,24,27,34,36-37H,8-9H2,1H3,(H,39,40)(H,43,44,45)(H,46,47,48)(H,49,50,51). The van der Waals surface area contributed by atoms with Crippen molar-refractivity contribution in [2.75, 3.05) is 12.4 Å². The lowest BCUT2D eigenvalue weighted by atomic mass is 9.91. The number of phenolic OH excluding ortho intramolecular Hbond substituents is 1. The van der Waals surface area contributed by atoms with E-state index in [2.05, 4.69) is 29.7 Å². The number of aromatic hydroxyl groups is 1. The summed E-state index contributed by atoms with van der Waals surface area (Å²) < 4.78 is 127. The zero-order valence-electron chi connectivity index (χ0n) is 27.9. The predicted molar refractivity (Wildman–Crippen MR) is 189 cm³/mol. The number of hydrogen-bond acceptors (Lipinski definition) is 17. The summed E-state index contributed by atoms with van der Waals surface area (Å²) in [5, 5.41) is 49.0. The number of aliphatic hydroxyl groups is 1. The molecule has 0 spiro atoms. The molecule has 3 aromatic carbocycles. The molecule has 1 aliphatic carbocycles. The smallest absolute Gasteiger partial charge is 0.397 e. The molecule has 27 heteroatoms. The van der Waals surface area contributed by atoms with Crippen LogP contribution in [0.1, 0.15) is 33.3 Å². The van der Waals surface area contributed by atoms with E-state index in [0.29, 0.717) is 4.68 Å². The van der Waals surface area contributed by atoms with Gasteiger partial charge in [-0.2, -0.15) is 40.6 Å². The number of hydrogen-bond donors (Lipinski definition) is 7. The van der Waals surface area contributed by atoms with Gasteiger partial charge in [0.05, 0.1) is 33.5 Å². The number of phenols is 1. The minimum atomic E-state index is -5.07. The van der Waals surface area contributed by atoms with Crippen LogP contribution < -0.4 is 5.56 Å². The fraction of sp³-hybridized carbons (Fsp3) is 0.172. The highest BCUT2D eigenvalue weighted by molar-refractivity contribution is 7.91. The van der Waals surface area contributed by atoms with Crippen molar-refractivity contribution < 1.29 is 71.6 Å². The number of aromatic amines is 1. The summed E-state index contributed by atoms with van der Waals surface area (Å²) >= 11 is 0. The van der Waals surface area contributed by atoms with E-state index in [0.717, 1.165) is 48.5 Å². The molecule has 1 aromatic heterocycles. The maximum atomic E-state index is 13.1. The number of carboxylic acid groups (broad SMARTS) is 1. The van der Waals surface area contributed by atoms with Crippen LogP contribution in [-0.2, 0) is 44.7 Å². The quantitative estimate of drug-likeness (QED) is 0.0750. The van der Waals surface area contributed by atoms with Crippen LogP contribution in [0.5, 0.6) is 5.75 Å². The van der Waals surface area contributed by atoms with Crippen LogP contribution >= 0.6 is 0 Å². The molecule has 0 aliphatic heterocycles. The minimum absolute atomic E-state index is 0.0327. The third-order valence-electron chi connectivity index (χ3n) is 7.79. The van der Waals surface area contributed by atoms with E-state index in [9.17, 15) is 67.7 Å². The largest absolute Gasteiger partial charge is 0.506 e. The van der Waals surface area contributed by atoms with Crippen molar-refractivity contribution >= 4 is 69.6 Å². The number of carbonyl (C=O) groups is 1. The van der Waals surface area contributed by atoms with Gasteiger partial charge in [0.2, 0.25) is 0 Å². The molecule has 2 unspecified atom stereocenters. The summed E-state index contributed by atoms with van der Waals surface area (Å²) in [5.41, 5.74) is -3.16. The van der Waals surface area contributed by atoms with Gasteiger partial charge in [-0.3, -0.25) is 23.6 Å². The van der Waals surface area contributed by atoms with Crippen molar-refractivity contribution in [1.29, 1.82) is 0 Å². The monoisotopic (exact) mass is 858 g/mol. The molecule has 0 bridgehead atoms. The average Bonchev–Trinajstić information content (AvgIpc) is 3.42. The molecule has 23 nitrogen and oxygen atoms in total. The van der Waals surface area contributed by atoms with Gasteiger partial charge in [0.15, 0.2) is 21.2 Å². The van der Waals surface area contributed by atoms with Crippen molar-refractivity contribution in [3.8, 4) is 11.4 Å². The SMILES string of the molecule is Cc1cc(N=NC2C(S(=O)(=O)O)=Cc3ccc(N=Nc4c(C(=O)O)[nH]n(-c5ccc(S(=O)(=O)O)cc5)c4=O)cc3C2O)c(O)cc1S(=O)(=O)CCOS(=O)(=O)O. The lowest BCUT2D eigenvalue weighted by Gasteiger charge is -2.26. The third-order valence-corrected chi connectivity index (χ3v) is 11.9. The predicted octanol–water partition coefficient (Wildman–Crippen LogP) is 2.56. The van der Waals surface area contributed by atoms with Crippen LogP contribution in [0, 0.1) is 6.92 Å². The number of rotatable bonds is 13. The number of H-pyrrole nitrogens is 1. The Morgan fingerprint density at radius 1 is 0.893 bits per heavy atom. The summed E-state index contributed by atoms with van der Waals surface area (Å²) in [6, 6.07) is 7.62. The van der Waals surface area contributed by atoms with E-state index < -0.39 is 114 Å². The van der Waals surface area contributed by atoms with Gasteiger partial charge in [0, 0.05) is 6.07 Å². The van der Waals surface area contributed by atoms with E-state index in [1.54, 1.807) is 0 Å². The van der Waals surface area contributed by atoms with Gasteiger partial charge < -0.3 is 15.3 Å². The average molecular weight is 859 g/mol. The van der Waals surface area contributed by atoms with E-state index in [1.165, 1.54) is 19.1 Å². The Kier molecular flexibility index (Phi) is 11.3. The number of carboxylic acids is 1. The van der Waals surface area contributed by atoms with Crippen molar-refractivity contribution in [2.45, 2.75) is 28.9 Å². The maximum absolute atomic E-state index is 13.1. The van der Waals surface area contributed by atoms with E-state index in [-0.39, 0.29) is 28.1 Å². The van der Waals surface area contributed by atoms with Crippen molar-refractivity contribution in [1.82, 2.24) is 9.78 Å². The molecule has 0 saturated carbocycles. The second kappa shape index (κ2) is 15.2. The number of aryl methyl sites for hydroxylation is 1. The highest BCUT2D eigenvalue weighted by atomic mass is 32.3. The molecular formula is C29H26N6O17S4.